The minimum absolute atomic E-state index is 0.203. The van der Waals surface area contributed by atoms with Crippen molar-refractivity contribution < 1.29 is 5.11 Å². The molecule has 0 atom stereocenters. The first-order valence-electron chi connectivity index (χ1n) is 5.37. The van der Waals surface area contributed by atoms with Crippen molar-refractivity contribution in [2.24, 2.45) is 0 Å². The Bertz CT molecular complexity index is 602. The zero-order chi connectivity index (χ0) is 13.8. The second kappa shape index (κ2) is 6.10. The second-order valence-corrected chi connectivity index (χ2v) is 4.98. The number of phenols is 1. The van der Waals surface area contributed by atoms with E-state index in [1.165, 1.54) is 0 Å². The summed E-state index contributed by atoms with van der Waals surface area (Å²) < 4.78 is 0. The number of hydrogen-bond donors (Lipinski definition) is 3. The van der Waals surface area contributed by atoms with E-state index in [1.807, 2.05) is 0 Å². The molecule has 0 saturated carbocycles. The van der Waals surface area contributed by atoms with Crippen molar-refractivity contribution >= 4 is 51.9 Å². The Morgan fingerprint density at radius 3 is 2.11 bits per heavy atom. The van der Waals surface area contributed by atoms with Crippen molar-refractivity contribution in [3.05, 3.63) is 52.5 Å². The van der Waals surface area contributed by atoms with Gasteiger partial charge in [-0.15, -0.1) is 0 Å². The van der Waals surface area contributed by atoms with E-state index >= 15 is 0 Å². The number of thiocarbonyl (C=S) groups is 1. The predicted octanol–water partition coefficient (Wildman–Crippen LogP) is 4.51. The lowest BCUT2D eigenvalue weighted by Gasteiger charge is -2.11. The molecule has 0 unspecified atom stereocenters. The van der Waals surface area contributed by atoms with Gasteiger partial charge in [0.1, 0.15) is 5.75 Å². The van der Waals surface area contributed by atoms with Gasteiger partial charge < -0.3 is 15.7 Å². The molecule has 0 heterocycles. The quantitative estimate of drug-likeness (QED) is 0.564. The van der Waals surface area contributed by atoms with Gasteiger partial charge in [0.15, 0.2) is 5.11 Å². The molecular weight excluding hydrogens is 303 g/mol. The molecule has 2 aromatic rings. The summed E-state index contributed by atoms with van der Waals surface area (Å²) in [6.45, 7) is 0. The van der Waals surface area contributed by atoms with Gasteiger partial charge in [-0.1, -0.05) is 23.2 Å². The fraction of sp³-hybridized carbons (Fsp3) is 0. The highest BCUT2D eigenvalue weighted by Crippen LogP contribution is 2.25. The Balaban J connectivity index is 2.01. The number of halogens is 2. The van der Waals surface area contributed by atoms with Crippen LogP contribution in [0.2, 0.25) is 10.0 Å². The summed E-state index contributed by atoms with van der Waals surface area (Å²) in [5, 5.41) is 16.5. The topological polar surface area (TPSA) is 44.3 Å². The minimum Gasteiger partial charge on any atom is -0.508 e. The number of hydrogen-bond acceptors (Lipinski definition) is 2. The average Bonchev–Trinajstić information content (AvgIpc) is 2.37. The number of nitrogens with one attached hydrogen (secondary N) is 2. The number of rotatable bonds is 2. The number of anilines is 2. The lowest BCUT2D eigenvalue weighted by atomic mass is 10.3. The fourth-order valence-electron chi connectivity index (χ4n) is 1.41. The van der Waals surface area contributed by atoms with Crippen LogP contribution in [0.4, 0.5) is 11.4 Å². The van der Waals surface area contributed by atoms with Crippen LogP contribution in [0.15, 0.2) is 42.5 Å². The summed E-state index contributed by atoms with van der Waals surface area (Å²) in [5.74, 6) is 0.203. The zero-order valence-electron chi connectivity index (χ0n) is 9.65. The maximum atomic E-state index is 9.18. The van der Waals surface area contributed by atoms with Gasteiger partial charge in [-0.3, -0.25) is 0 Å². The molecule has 98 valence electrons. The summed E-state index contributed by atoms with van der Waals surface area (Å²) in [6, 6.07) is 11.7. The molecule has 0 aliphatic rings. The smallest absolute Gasteiger partial charge is 0.175 e. The van der Waals surface area contributed by atoms with Crippen LogP contribution in [0.1, 0.15) is 0 Å². The van der Waals surface area contributed by atoms with Crippen LogP contribution in [0.5, 0.6) is 5.75 Å². The van der Waals surface area contributed by atoms with E-state index in [2.05, 4.69) is 10.6 Å². The molecule has 0 aromatic heterocycles. The minimum atomic E-state index is 0.203. The van der Waals surface area contributed by atoms with E-state index in [-0.39, 0.29) is 5.75 Å². The third-order valence-corrected chi connectivity index (χ3v) is 3.25. The van der Waals surface area contributed by atoms with Crippen molar-refractivity contribution in [2.75, 3.05) is 10.6 Å². The molecule has 0 bridgehead atoms. The SMILES string of the molecule is Oc1ccc(NC(=S)Nc2ccc(Cl)c(Cl)c2)cc1. The Morgan fingerprint density at radius 2 is 1.47 bits per heavy atom. The largest absolute Gasteiger partial charge is 0.508 e. The van der Waals surface area contributed by atoms with Gasteiger partial charge in [0.2, 0.25) is 0 Å². The van der Waals surface area contributed by atoms with Crippen LogP contribution in [-0.4, -0.2) is 10.2 Å². The van der Waals surface area contributed by atoms with Crippen molar-refractivity contribution in [1.29, 1.82) is 0 Å². The van der Waals surface area contributed by atoms with Crippen LogP contribution < -0.4 is 10.6 Å². The normalized spacial score (nSPS) is 10.0. The molecule has 19 heavy (non-hydrogen) atoms. The zero-order valence-corrected chi connectivity index (χ0v) is 12.0. The van der Waals surface area contributed by atoms with E-state index in [0.717, 1.165) is 11.4 Å². The second-order valence-electron chi connectivity index (χ2n) is 3.75. The van der Waals surface area contributed by atoms with Crippen LogP contribution >= 0.6 is 35.4 Å². The molecule has 0 aliphatic carbocycles. The van der Waals surface area contributed by atoms with Crippen LogP contribution in [0.25, 0.3) is 0 Å². The standard InChI is InChI=1S/C13H10Cl2N2OS/c14-11-6-3-9(7-12(11)15)17-13(19)16-8-1-4-10(18)5-2-8/h1-7,18H,(H2,16,17,19). The van der Waals surface area contributed by atoms with Crippen molar-refractivity contribution in [3.8, 4) is 5.75 Å². The maximum absolute atomic E-state index is 9.18. The van der Waals surface area contributed by atoms with E-state index in [9.17, 15) is 5.11 Å². The summed E-state index contributed by atoms with van der Waals surface area (Å²) in [4.78, 5) is 0. The summed E-state index contributed by atoms with van der Waals surface area (Å²) in [7, 11) is 0. The summed E-state index contributed by atoms with van der Waals surface area (Å²) in [6.07, 6.45) is 0. The molecule has 3 nitrogen and oxygen atoms in total. The Labute approximate surface area is 126 Å². The molecule has 0 radical (unpaired) electrons. The van der Waals surface area contributed by atoms with Gasteiger partial charge in [-0.05, 0) is 54.7 Å². The molecule has 0 fully saturated rings. The van der Waals surface area contributed by atoms with Crippen molar-refractivity contribution in [3.63, 3.8) is 0 Å². The molecule has 2 rings (SSSR count). The monoisotopic (exact) mass is 312 g/mol. The Hall–Kier alpha value is -1.49. The highest BCUT2D eigenvalue weighted by Gasteiger charge is 2.02. The third-order valence-electron chi connectivity index (χ3n) is 2.30. The Morgan fingerprint density at radius 1 is 0.895 bits per heavy atom. The van der Waals surface area contributed by atoms with Gasteiger partial charge in [0.05, 0.1) is 10.0 Å². The van der Waals surface area contributed by atoms with Crippen molar-refractivity contribution in [1.82, 2.24) is 0 Å². The molecule has 0 spiro atoms. The highest BCUT2D eigenvalue weighted by atomic mass is 35.5. The molecule has 3 N–H and O–H groups in total. The molecule has 6 heteroatoms. The van der Waals surface area contributed by atoms with Crippen LogP contribution in [0, 0.1) is 0 Å². The molecule has 2 aromatic carbocycles. The first-order valence-corrected chi connectivity index (χ1v) is 6.53. The predicted molar refractivity (Wildman–Crippen MR) is 84.4 cm³/mol. The van der Waals surface area contributed by atoms with Gasteiger partial charge in [0.25, 0.3) is 0 Å². The maximum Gasteiger partial charge on any atom is 0.175 e. The average molecular weight is 313 g/mol. The van der Waals surface area contributed by atoms with Crippen LogP contribution in [-0.2, 0) is 0 Å². The number of benzene rings is 2. The highest BCUT2D eigenvalue weighted by molar-refractivity contribution is 7.80. The van der Waals surface area contributed by atoms with E-state index in [1.54, 1.807) is 42.5 Å². The van der Waals surface area contributed by atoms with Gasteiger partial charge in [-0.2, -0.15) is 0 Å². The molecular formula is C13H10Cl2N2OS. The lowest BCUT2D eigenvalue weighted by Crippen LogP contribution is -2.18. The van der Waals surface area contributed by atoms with Gasteiger partial charge >= 0.3 is 0 Å². The summed E-state index contributed by atoms with van der Waals surface area (Å²) >= 11 is 16.9. The molecule has 0 saturated heterocycles. The number of phenolic OH excluding ortho intramolecular Hbond substituents is 1. The van der Waals surface area contributed by atoms with E-state index < -0.39 is 0 Å². The van der Waals surface area contributed by atoms with Gasteiger partial charge in [0, 0.05) is 11.4 Å². The van der Waals surface area contributed by atoms with E-state index in [0.29, 0.717) is 15.2 Å². The Kier molecular flexibility index (Phi) is 4.47. The first-order chi connectivity index (χ1) is 9.04. The van der Waals surface area contributed by atoms with Crippen molar-refractivity contribution in [2.45, 2.75) is 0 Å². The lowest BCUT2D eigenvalue weighted by molar-refractivity contribution is 0.475. The van der Waals surface area contributed by atoms with Crippen LogP contribution in [0.3, 0.4) is 0 Å². The first kappa shape index (κ1) is 13.9. The van der Waals surface area contributed by atoms with Gasteiger partial charge in [-0.25, -0.2) is 0 Å². The number of aromatic hydroxyl groups is 1. The summed E-state index contributed by atoms with van der Waals surface area (Å²) in [5.41, 5.74) is 1.51. The molecule has 0 aliphatic heterocycles. The molecule has 0 amide bonds. The third kappa shape index (κ3) is 3.99. The van der Waals surface area contributed by atoms with E-state index in [4.69, 9.17) is 35.4 Å². The fourth-order valence-corrected chi connectivity index (χ4v) is 1.95.